The predicted octanol–water partition coefficient (Wildman–Crippen LogP) is 2.80. The maximum Gasteiger partial charge on any atom is 0.250 e. The Morgan fingerprint density at radius 3 is 3.09 bits per heavy atom. The van der Waals surface area contributed by atoms with E-state index in [2.05, 4.69) is 11.1 Å². The van der Waals surface area contributed by atoms with E-state index in [1.807, 2.05) is 16.7 Å². The molecule has 1 aliphatic carbocycles. The van der Waals surface area contributed by atoms with Crippen molar-refractivity contribution in [2.75, 3.05) is 18.8 Å². The SMILES string of the molecule is O=C(C1=CCCC1)N1CC2(C[C@H](Oc3ncccc3F)CS2)C1. The van der Waals surface area contributed by atoms with Crippen LogP contribution in [0.15, 0.2) is 30.0 Å². The summed E-state index contributed by atoms with van der Waals surface area (Å²) < 4.78 is 19.4. The van der Waals surface area contributed by atoms with Gasteiger partial charge in [-0.1, -0.05) is 6.08 Å². The molecule has 3 aliphatic rings. The molecule has 0 aromatic carbocycles. The van der Waals surface area contributed by atoms with Crippen molar-refractivity contribution in [2.45, 2.75) is 36.5 Å². The van der Waals surface area contributed by atoms with Gasteiger partial charge in [-0.05, 0) is 31.4 Å². The molecule has 2 aliphatic heterocycles. The molecule has 0 radical (unpaired) electrons. The first kappa shape index (κ1) is 15.0. The van der Waals surface area contributed by atoms with Crippen LogP contribution < -0.4 is 4.74 Å². The molecule has 4 rings (SSSR count). The van der Waals surface area contributed by atoms with E-state index in [-0.39, 0.29) is 22.6 Å². The molecule has 3 heterocycles. The van der Waals surface area contributed by atoms with Crippen molar-refractivity contribution in [3.05, 3.63) is 35.8 Å². The summed E-state index contributed by atoms with van der Waals surface area (Å²) in [7, 11) is 0. The highest BCUT2D eigenvalue weighted by Crippen LogP contribution is 2.46. The number of carbonyl (C=O) groups is 1. The Bertz CT molecular complexity index is 658. The minimum absolute atomic E-state index is 0.0349. The standard InChI is InChI=1S/C17H19FN2O2S/c18-14-6-3-7-19-15(14)22-13-8-17(23-9-13)10-20(11-17)16(21)12-4-1-2-5-12/h3-4,6-7,13H,1-2,5,8-11H2/t13-/m0/s1. The lowest BCUT2D eigenvalue weighted by molar-refractivity contribution is -0.132. The number of aromatic nitrogens is 1. The molecule has 0 unspecified atom stereocenters. The van der Waals surface area contributed by atoms with Crippen molar-refractivity contribution in [2.24, 2.45) is 0 Å². The Balaban J connectivity index is 1.33. The maximum atomic E-state index is 13.6. The van der Waals surface area contributed by atoms with Gasteiger partial charge in [0.15, 0.2) is 5.82 Å². The van der Waals surface area contributed by atoms with E-state index in [0.29, 0.717) is 0 Å². The van der Waals surface area contributed by atoms with Gasteiger partial charge in [-0.2, -0.15) is 0 Å². The molecule has 0 saturated carbocycles. The number of halogens is 1. The van der Waals surface area contributed by atoms with Crippen LogP contribution in [0.2, 0.25) is 0 Å². The minimum atomic E-state index is -0.419. The smallest absolute Gasteiger partial charge is 0.250 e. The third kappa shape index (κ3) is 2.84. The predicted molar refractivity (Wildman–Crippen MR) is 86.9 cm³/mol. The van der Waals surface area contributed by atoms with Gasteiger partial charge >= 0.3 is 0 Å². The summed E-state index contributed by atoms with van der Waals surface area (Å²) in [6, 6.07) is 2.92. The highest BCUT2D eigenvalue weighted by molar-refractivity contribution is 8.01. The van der Waals surface area contributed by atoms with E-state index in [9.17, 15) is 9.18 Å². The zero-order chi connectivity index (χ0) is 15.9. The van der Waals surface area contributed by atoms with E-state index < -0.39 is 5.82 Å². The monoisotopic (exact) mass is 334 g/mol. The number of rotatable bonds is 3. The van der Waals surface area contributed by atoms with Crippen LogP contribution in [0, 0.1) is 5.82 Å². The van der Waals surface area contributed by atoms with Gasteiger partial charge in [0, 0.05) is 37.0 Å². The molecule has 1 aromatic heterocycles. The van der Waals surface area contributed by atoms with Gasteiger partial charge in [-0.3, -0.25) is 4.79 Å². The van der Waals surface area contributed by atoms with E-state index in [4.69, 9.17) is 4.74 Å². The second-order valence-corrected chi connectivity index (χ2v) is 8.00. The first-order valence-corrected chi connectivity index (χ1v) is 9.03. The number of amides is 1. The lowest BCUT2D eigenvalue weighted by Gasteiger charge is -2.47. The van der Waals surface area contributed by atoms with E-state index in [1.165, 1.54) is 12.3 Å². The number of allylic oxidation sites excluding steroid dienone is 1. The number of pyridine rings is 1. The minimum Gasteiger partial charge on any atom is -0.471 e. The topological polar surface area (TPSA) is 42.4 Å². The summed E-state index contributed by atoms with van der Waals surface area (Å²) >= 11 is 1.84. The molecule has 122 valence electrons. The van der Waals surface area contributed by atoms with Gasteiger partial charge in [0.05, 0.1) is 4.75 Å². The van der Waals surface area contributed by atoms with Gasteiger partial charge in [0.1, 0.15) is 6.10 Å². The Morgan fingerprint density at radius 1 is 1.48 bits per heavy atom. The Hall–Kier alpha value is -1.56. The number of hydrogen-bond donors (Lipinski definition) is 0. The molecule has 0 N–H and O–H groups in total. The van der Waals surface area contributed by atoms with Gasteiger partial charge in [-0.25, -0.2) is 9.37 Å². The molecule has 1 atom stereocenters. The second kappa shape index (κ2) is 5.82. The van der Waals surface area contributed by atoms with Crippen molar-refractivity contribution in [1.82, 2.24) is 9.88 Å². The summed E-state index contributed by atoms with van der Waals surface area (Å²) in [6.45, 7) is 1.55. The van der Waals surface area contributed by atoms with Crippen molar-refractivity contribution in [3.63, 3.8) is 0 Å². The van der Waals surface area contributed by atoms with E-state index in [1.54, 1.807) is 6.07 Å². The molecule has 23 heavy (non-hydrogen) atoms. The average molecular weight is 334 g/mol. The van der Waals surface area contributed by atoms with Crippen LogP contribution in [-0.2, 0) is 4.79 Å². The Morgan fingerprint density at radius 2 is 2.35 bits per heavy atom. The Kier molecular flexibility index (Phi) is 3.79. The average Bonchev–Trinajstić information content (AvgIpc) is 3.17. The van der Waals surface area contributed by atoms with Crippen LogP contribution >= 0.6 is 11.8 Å². The first-order valence-electron chi connectivity index (χ1n) is 8.05. The number of likely N-dealkylation sites (tertiary alicyclic amines) is 1. The van der Waals surface area contributed by atoms with Crippen LogP contribution in [-0.4, -0.2) is 45.5 Å². The molecule has 2 saturated heterocycles. The van der Waals surface area contributed by atoms with E-state index >= 15 is 0 Å². The molecule has 1 spiro atoms. The zero-order valence-corrected chi connectivity index (χ0v) is 13.7. The number of ether oxygens (including phenoxy) is 1. The molecule has 1 aromatic rings. The van der Waals surface area contributed by atoms with Gasteiger partial charge in [-0.15, -0.1) is 11.8 Å². The summed E-state index contributed by atoms with van der Waals surface area (Å²) in [5, 5.41) is 0. The van der Waals surface area contributed by atoms with Crippen molar-refractivity contribution in [1.29, 1.82) is 0 Å². The number of thioether (sulfide) groups is 1. The van der Waals surface area contributed by atoms with Crippen LogP contribution in [0.4, 0.5) is 4.39 Å². The highest BCUT2D eigenvalue weighted by atomic mass is 32.2. The van der Waals surface area contributed by atoms with Gasteiger partial charge < -0.3 is 9.64 Å². The normalized spacial score (nSPS) is 25.3. The molecule has 0 bridgehead atoms. The van der Waals surface area contributed by atoms with Gasteiger partial charge in [0.2, 0.25) is 5.91 Å². The highest BCUT2D eigenvalue weighted by Gasteiger charge is 2.51. The largest absolute Gasteiger partial charge is 0.471 e. The second-order valence-electron chi connectivity index (χ2n) is 6.51. The lowest BCUT2D eigenvalue weighted by atomic mass is 9.92. The van der Waals surface area contributed by atoms with Crippen LogP contribution in [0.25, 0.3) is 0 Å². The van der Waals surface area contributed by atoms with Crippen LogP contribution in [0.5, 0.6) is 5.88 Å². The number of hydrogen-bond acceptors (Lipinski definition) is 4. The zero-order valence-electron chi connectivity index (χ0n) is 12.8. The van der Waals surface area contributed by atoms with Gasteiger partial charge in [0.25, 0.3) is 5.88 Å². The molecule has 1 amide bonds. The fraction of sp³-hybridized carbons (Fsp3) is 0.529. The third-order valence-electron chi connectivity index (χ3n) is 4.74. The fourth-order valence-corrected chi connectivity index (χ4v) is 5.10. The summed E-state index contributed by atoms with van der Waals surface area (Å²) in [4.78, 5) is 18.2. The van der Waals surface area contributed by atoms with Crippen molar-refractivity contribution < 1.29 is 13.9 Å². The van der Waals surface area contributed by atoms with Crippen LogP contribution in [0.1, 0.15) is 25.7 Å². The molecular weight excluding hydrogens is 315 g/mol. The van der Waals surface area contributed by atoms with Crippen molar-refractivity contribution in [3.8, 4) is 5.88 Å². The fourth-order valence-electron chi connectivity index (χ4n) is 3.58. The maximum absolute atomic E-state index is 13.6. The van der Waals surface area contributed by atoms with Crippen LogP contribution in [0.3, 0.4) is 0 Å². The number of carbonyl (C=O) groups excluding carboxylic acids is 1. The summed E-state index contributed by atoms with van der Waals surface area (Å²) in [5.74, 6) is 0.685. The van der Waals surface area contributed by atoms with E-state index in [0.717, 1.165) is 50.1 Å². The number of nitrogens with zero attached hydrogens (tertiary/aromatic N) is 2. The quantitative estimate of drug-likeness (QED) is 0.852. The molecule has 2 fully saturated rings. The summed E-state index contributed by atoms with van der Waals surface area (Å²) in [6.07, 6.45) is 7.46. The summed E-state index contributed by atoms with van der Waals surface area (Å²) in [5.41, 5.74) is 0.978. The van der Waals surface area contributed by atoms with Crippen molar-refractivity contribution >= 4 is 17.7 Å². The lowest BCUT2D eigenvalue weighted by Crippen LogP contribution is -2.61. The molecule has 4 nitrogen and oxygen atoms in total. The first-order chi connectivity index (χ1) is 11.2. The Labute approximate surface area is 139 Å². The molecule has 6 heteroatoms. The molecular formula is C17H19FN2O2S. The third-order valence-corrected chi connectivity index (χ3v) is 6.31.